The Bertz CT molecular complexity index is 1180. The number of ether oxygens (including phenoxy) is 1. The summed E-state index contributed by atoms with van der Waals surface area (Å²) in [5, 5.41) is 33.8. The molecule has 0 fully saturated rings. The lowest BCUT2D eigenvalue weighted by molar-refractivity contribution is -0.525. The minimum Gasteiger partial charge on any atom is -0.497 e. The number of nitrogens with two attached hydrogens (primary N) is 1. The van der Waals surface area contributed by atoms with Crippen LogP contribution in [-0.4, -0.2) is 59.4 Å². The monoisotopic (exact) mass is 559 g/mol. The number of aliphatic imine (C=N–C) groups is 1. The summed E-state index contributed by atoms with van der Waals surface area (Å²) in [6.45, 7) is 5.68. The molecule has 220 valence electrons. The molecule has 3 atom stereocenters. The van der Waals surface area contributed by atoms with Crippen LogP contribution >= 0.6 is 0 Å². The van der Waals surface area contributed by atoms with Crippen molar-refractivity contribution in [3.05, 3.63) is 52.1 Å². The fraction of sp³-hybridized carbons (Fsp3) is 0.519. The zero-order chi connectivity index (χ0) is 29.1. The van der Waals surface area contributed by atoms with Crippen molar-refractivity contribution in [2.24, 2.45) is 22.6 Å². The van der Waals surface area contributed by atoms with Gasteiger partial charge in [0.2, 0.25) is 5.91 Å². The number of Topliss-reactive ketones (excluding diaryl/α,β-unsaturated/α-hetero) is 1. The second-order valence-electron chi connectivity index (χ2n) is 10.00. The first-order chi connectivity index (χ1) is 18.4. The third-order valence-corrected chi connectivity index (χ3v) is 6.48. The van der Waals surface area contributed by atoms with Gasteiger partial charge in [-0.15, -0.1) is 0 Å². The largest absolute Gasteiger partial charge is 0.497 e. The van der Waals surface area contributed by atoms with Crippen molar-refractivity contribution in [3.63, 3.8) is 0 Å². The number of nitrogens with zero attached hydrogens (tertiary/aromatic N) is 2. The van der Waals surface area contributed by atoms with Crippen LogP contribution in [0.1, 0.15) is 65.4 Å². The molecule has 0 bridgehead atoms. The minimum absolute atomic E-state index is 0. The number of fused-ring (bicyclic) bond motifs is 1. The Morgan fingerprint density at radius 2 is 1.80 bits per heavy atom. The van der Waals surface area contributed by atoms with E-state index in [1.165, 1.54) is 0 Å². The predicted molar refractivity (Wildman–Crippen MR) is 156 cm³/mol. The molecule has 0 saturated carbocycles. The second-order valence-corrected chi connectivity index (χ2v) is 10.00. The van der Waals surface area contributed by atoms with Crippen LogP contribution < -0.4 is 21.2 Å². The quantitative estimate of drug-likeness (QED) is 0.0545. The molecule has 1 amide bonds. The van der Waals surface area contributed by atoms with Gasteiger partial charge < -0.3 is 25.8 Å². The second kappa shape index (κ2) is 16.4. The van der Waals surface area contributed by atoms with Crippen LogP contribution in [0.15, 0.2) is 41.4 Å². The molecule has 12 nitrogen and oxygen atoms in total. The number of carbonyl (C=O) groups excluding carboxylic acids is 2. The summed E-state index contributed by atoms with van der Waals surface area (Å²) >= 11 is 0. The highest BCUT2D eigenvalue weighted by Crippen LogP contribution is 2.27. The van der Waals surface area contributed by atoms with Gasteiger partial charge in [-0.1, -0.05) is 57.9 Å². The van der Waals surface area contributed by atoms with Crippen molar-refractivity contribution in [3.8, 4) is 5.75 Å². The summed E-state index contributed by atoms with van der Waals surface area (Å²) in [6.07, 6.45) is 0.840. The number of hydrogen-bond donors (Lipinski definition) is 5. The first-order valence-electron chi connectivity index (χ1n) is 12.9. The molecule has 0 aliphatic rings. The number of nitrogens with one attached hydrogen (secondary N) is 2. The van der Waals surface area contributed by atoms with Gasteiger partial charge in [-0.3, -0.25) is 9.59 Å². The van der Waals surface area contributed by atoms with Crippen molar-refractivity contribution in [1.82, 2.24) is 10.7 Å². The van der Waals surface area contributed by atoms with Crippen LogP contribution in [0.25, 0.3) is 10.8 Å². The molecule has 13 heteroatoms. The Balaban J connectivity index is 0.00000800. The van der Waals surface area contributed by atoms with Gasteiger partial charge in [0.15, 0.2) is 5.03 Å². The molecule has 40 heavy (non-hydrogen) atoms. The number of carbonyl (C=O) groups is 2. The van der Waals surface area contributed by atoms with E-state index in [-0.39, 0.29) is 44.5 Å². The van der Waals surface area contributed by atoms with Crippen LogP contribution in [0.3, 0.4) is 0 Å². The fourth-order valence-electron chi connectivity index (χ4n) is 4.30. The first kappa shape index (κ1) is 34.3. The standard InChI is InChI=1S/C26H38BN5O7.CH4/c1-16(2)12-24(27(35)36)30-25(34)21(6-5-11-29-26(28)31-32(37)38)15-23(33)17(3)18-7-8-20-14-22(39-4)10-9-19(20)13-18;/h7-10,13-14,16-17,21,24,35-36H,5-6,11-12,15H2,1-4H3,(H,30,34)(H3,28,29,31);1H4/t17-,21+,24-;/m0./s1. The first-order valence-corrected chi connectivity index (χ1v) is 12.9. The molecule has 0 aromatic heterocycles. The maximum atomic E-state index is 13.3. The average molecular weight is 559 g/mol. The van der Waals surface area contributed by atoms with Crippen molar-refractivity contribution in [2.75, 3.05) is 13.7 Å². The van der Waals surface area contributed by atoms with E-state index in [0.29, 0.717) is 12.8 Å². The van der Waals surface area contributed by atoms with Crippen LogP contribution in [0.2, 0.25) is 0 Å². The van der Waals surface area contributed by atoms with Crippen molar-refractivity contribution >= 4 is 35.5 Å². The third-order valence-electron chi connectivity index (χ3n) is 6.48. The molecule has 0 radical (unpaired) electrons. The lowest BCUT2D eigenvalue weighted by atomic mass is 9.74. The Hall–Kier alpha value is -3.71. The van der Waals surface area contributed by atoms with Gasteiger partial charge in [0.25, 0.3) is 5.96 Å². The van der Waals surface area contributed by atoms with Gasteiger partial charge >= 0.3 is 7.12 Å². The van der Waals surface area contributed by atoms with E-state index in [4.69, 9.17) is 10.5 Å². The molecule has 0 unspecified atom stereocenters. The Kier molecular flexibility index (Phi) is 14.1. The van der Waals surface area contributed by atoms with Gasteiger partial charge in [0.05, 0.1) is 13.1 Å². The maximum absolute atomic E-state index is 13.3. The normalized spacial score (nSPS) is 13.6. The summed E-state index contributed by atoms with van der Waals surface area (Å²) < 4.78 is 5.27. The Morgan fingerprint density at radius 1 is 1.15 bits per heavy atom. The summed E-state index contributed by atoms with van der Waals surface area (Å²) in [5.41, 5.74) is 8.00. The molecule has 0 heterocycles. The molecular formula is C27H42BN5O7. The van der Waals surface area contributed by atoms with E-state index >= 15 is 0 Å². The Labute approximate surface area is 235 Å². The maximum Gasteiger partial charge on any atom is 0.475 e. The fourth-order valence-corrected chi connectivity index (χ4v) is 4.30. The summed E-state index contributed by atoms with van der Waals surface area (Å²) in [7, 11) is -0.152. The van der Waals surface area contributed by atoms with E-state index in [9.17, 15) is 29.8 Å². The lowest BCUT2D eigenvalue weighted by Gasteiger charge is -2.24. The van der Waals surface area contributed by atoms with E-state index < -0.39 is 35.8 Å². The van der Waals surface area contributed by atoms with Gasteiger partial charge in [-0.05, 0) is 53.6 Å². The summed E-state index contributed by atoms with van der Waals surface area (Å²) in [6, 6.07) is 11.4. The molecular weight excluding hydrogens is 517 g/mol. The molecule has 6 N–H and O–H groups in total. The van der Waals surface area contributed by atoms with E-state index in [0.717, 1.165) is 22.1 Å². The number of amides is 1. The number of guanidine groups is 1. The van der Waals surface area contributed by atoms with Gasteiger partial charge in [-0.25, -0.2) is 15.1 Å². The average Bonchev–Trinajstić information content (AvgIpc) is 2.87. The third kappa shape index (κ3) is 10.8. The van der Waals surface area contributed by atoms with E-state index in [1.807, 2.05) is 50.2 Å². The van der Waals surface area contributed by atoms with Crippen LogP contribution in [0, 0.1) is 22.0 Å². The topological polar surface area (TPSA) is 189 Å². The van der Waals surface area contributed by atoms with Crippen LogP contribution in [0.4, 0.5) is 0 Å². The number of ketones is 1. The molecule has 0 saturated heterocycles. The smallest absolute Gasteiger partial charge is 0.475 e. The zero-order valence-electron chi connectivity index (χ0n) is 22.8. The molecule has 2 rings (SSSR count). The molecule has 2 aromatic rings. The molecule has 0 aliphatic heterocycles. The van der Waals surface area contributed by atoms with E-state index in [1.54, 1.807) is 19.5 Å². The van der Waals surface area contributed by atoms with E-state index in [2.05, 4.69) is 10.3 Å². The highest BCUT2D eigenvalue weighted by atomic mass is 16.7. The molecule has 0 spiro atoms. The van der Waals surface area contributed by atoms with Crippen LogP contribution in [0.5, 0.6) is 5.75 Å². The van der Waals surface area contributed by atoms with Crippen LogP contribution in [-0.2, 0) is 9.59 Å². The predicted octanol–water partition coefficient (Wildman–Crippen LogP) is 2.58. The minimum atomic E-state index is -1.75. The molecule has 0 aliphatic carbocycles. The number of rotatable bonds is 15. The van der Waals surface area contributed by atoms with Crippen molar-refractivity contribution in [1.29, 1.82) is 0 Å². The Morgan fingerprint density at radius 3 is 2.40 bits per heavy atom. The highest BCUT2D eigenvalue weighted by molar-refractivity contribution is 6.43. The number of hydrazine groups is 1. The number of methoxy groups -OCH3 is 1. The highest BCUT2D eigenvalue weighted by Gasteiger charge is 2.31. The number of hydrogen-bond acceptors (Lipinski definition) is 8. The number of nitro groups is 1. The van der Waals surface area contributed by atoms with Gasteiger partial charge in [-0.2, -0.15) is 0 Å². The van der Waals surface area contributed by atoms with Gasteiger partial charge in [0, 0.05) is 24.8 Å². The van der Waals surface area contributed by atoms with Gasteiger partial charge in [0.1, 0.15) is 11.5 Å². The SMILES string of the molecule is C.COc1ccc2cc([C@H](C)C(=O)C[C@@H](CCCN=C(N)N[N+](=O)[O-])C(=O)N[C@@H](CC(C)C)B(O)O)ccc2c1. The van der Waals surface area contributed by atoms with Crippen molar-refractivity contribution < 1.29 is 29.4 Å². The lowest BCUT2D eigenvalue weighted by Crippen LogP contribution is -2.49. The zero-order valence-corrected chi connectivity index (χ0v) is 22.8. The summed E-state index contributed by atoms with van der Waals surface area (Å²) in [4.78, 5) is 40.8. The molecule has 2 aromatic carbocycles. The van der Waals surface area contributed by atoms with Crippen molar-refractivity contribution in [2.45, 2.75) is 65.7 Å². The number of benzene rings is 2. The summed E-state index contributed by atoms with van der Waals surface area (Å²) in [5.74, 6) is -2.29.